The average Bonchev–Trinajstić information content (AvgIpc) is 2.47. The highest BCUT2D eigenvalue weighted by Gasteiger charge is 2.13. The minimum Gasteiger partial charge on any atom is -0.381 e. The van der Waals surface area contributed by atoms with Gasteiger partial charge in [0.15, 0.2) is 5.82 Å². The minimum atomic E-state index is -0.213. The highest BCUT2D eigenvalue weighted by Crippen LogP contribution is 2.32. The number of halogens is 2. The number of benzene rings is 1. The number of anilines is 1. The fourth-order valence-corrected chi connectivity index (χ4v) is 2.19. The third-order valence-corrected chi connectivity index (χ3v) is 3.23. The van der Waals surface area contributed by atoms with Crippen LogP contribution >= 0.6 is 15.9 Å². The number of hydrogen-bond acceptors (Lipinski definition) is 2. The van der Waals surface area contributed by atoms with Crippen molar-refractivity contribution >= 4 is 21.7 Å². The smallest absolute Gasteiger partial charge is 0.160 e. The van der Waals surface area contributed by atoms with Crippen LogP contribution in [0.1, 0.15) is 5.56 Å². The third kappa shape index (κ3) is 1.71. The fourth-order valence-electron chi connectivity index (χ4n) is 1.62. The maximum Gasteiger partial charge on any atom is 0.160 e. The number of rotatable bonds is 1. The van der Waals surface area contributed by atoms with E-state index in [1.54, 1.807) is 30.8 Å². The van der Waals surface area contributed by atoms with Crippen LogP contribution in [0.15, 0.2) is 22.7 Å². The highest BCUT2D eigenvalue weighted by molar-refractivity contribution is 9.10. The molecule has 0 atom stereocenters. The molecule has 1 aromatic carbocycles. The van der Waals surface area contributed by atoms with Crippen molar-refractivity contribution < 1.29 is 4.39 Å². The monoisotopic (exact) mass is 283 g/mol. The summed E-state index contributed by atoms with van der Waals surface area (Å²) in [4.78, 5) is 0. The van der Waals surface area contributed by atoms with E-state index in [9.17, 15) is 4.39 Å². The zero-order valence-electron chi connectivity index (χ0n) is 8.96. The van der Waals surface area contributed by atoms with Crippen molar-refractivity contribution in [1.82, 2.24) is 9.78 Å². The first-order chi connectivity index (χ1) is 7.50. The van der Waals surface area contributed by atoms with E-state index >= 15 is 0 Å². The lowest BCUT2D eigenvalue weighted by Crippen LogP contribution is -1.95. The Kier molecular flexibility index (Phi) is 2.71. The van der Waals surface area contributed by atoms with Gasteiger partial charge in [-0.05, 0) is 46.6 Å². The summed E-state index contributed by atoms with van der Waals surface area (Å²) < 4.78 is 15.6. The molecule has 0 fully saturated rings. The molecule has 1 aromatic heterocycles. The van der Waals surface area contributed by atoms with E-state index in [1.165, 1.54) is 6.07 Å². The van der Waals surface area contributed by atoms with Gasteiger partial charge in [-0.2, -0.15) is 5.10 Å². The molecule has 2 aromatic rings. The second-order valence-corrected chi connectivity index (χ2v) is 4.43. The van der Waals surface area contributed by atoms with Crippen LogP contribution in [-0.4, -0.2) is 9.78 Å². The second kappa shape index (κ2) is 3.90. The van der Waals surface area contributed by atoms with Gasteiger partial charge in [0.1, 0.15) is 5.82 Å². The number of nitrogen functional groups attached to an aromatic ring is 1. The van der Waals surface area contributed by atoms with Crippen molar-refractivity contribution in [3.8, 4) is 11.3 Å². The second-order valence-electron chi connectivity index (χ2n) is 3.64. The Hall–Kier alpha value is -1.36. The van der Waals surface area contributed by atoms with E-state index < -0.39 is 0 Å². The van der Waals surface area contributed by atoms with Crippen molar-refractivity contribution in [2.75, 3.05) is 5.73 Å². The molecule has 84 valence electrons. The van der Waals surface area contributed by atoms with E-state index in [0.29, 0.717) is 11.4 Å². The van der Waals surface area contributed by atoms with E-state index in [1.807, 2.05) is 0 Å². The lowest BCUT2D eigenvalue weighted by molar-refractivity contribution is 0.618. The Bertz CT molecular complexity index is 548. The Morgan fingerprint density at radius 2 is 2.12 bits per heavy atom. The van der Waals surface area contributed by atoms with Gasteiger partial charge in [-0.15, -0.1) is 0 Å². The maximum absolute atomic E-state index is 13.2. The van der Waals surface area contributed by atoms with E-state index in [-0.39, 0.29) is 5.82 Å². The maximum atomic E-state index is 13.2. The molecule has 3 nitrogen and oxygen atoms in total. The summed E-state index contributed by atoms with van der Waals surface area (Å²) >= 11 is 3.38. The topological polar surface area (TPSA) is 43.8 Å². The highest BCUT2D eigenvalue weighted by atomic mass is 79.9. The summed E-state index contributed by atoms with van der Waals surface area (Å²) in [5, 5.41) is 4.09. The number of nitrogens with two attached hydrogens (primary N) is 1. The summed E-state index contributed by atoms with van der Waals surface area (Å²) in [7, 11) is 1.80. The predicted octanol–water partition coefficient (Wildman–Crippen LogP) is 2.88. The van der Waals surface area contributed by atoms with Crippen LogP contribution in [0.4, 0.5) is 10.2 Å². The predicted molar refractivity (Wildman–Crippen MR) is 65.5 cm³/mol. The number of aryl methyl sites for hydroxylation is 2. The van der Waals surface area contributed by atoms with Crippen molar-refractivity contribution in [3.63, 3.8) is 0 Å². The molecule has 5 heteroatoms. The number of hydrogen-bond donors (Lipinski definition) is 1. The molecule has 2 rings (SSSR count). The van der Waals surface area contributed by atoms with Gasteiger partial charge in [0.05, 0.1) is 10.2 Å². The first-order valence-corrected chi connectivity index (χ1v) is 5.54. The van der Waals surface area contributed by atoms with Crippen molar-refractivity contribution in [2.45, 2.75) is 6.92 Å². The van der Waals surface area contributed by atoms with Crippen molar-refractivity contribution in [2.24, 2.45) is 7.05 Å². The lowest BCUT2D eigenvalue weighted by Gasteiger charge is -2.04. The molecule has 0 aliphatic carbocycles. The first kappa shape index (κ1) is 11.1. The van der Waals surface area contributed by atoms with Crippen LogP contribution in [0.25, 0.3) is 11.3 Å². The number of nitrogens with zero attached hydrogens (tertiary/aromatic N) is 2. The Labute approximate surface area is 101 Å². The molecule has 0 spiro atoms. The summed E-state index contributed by atoms with van der Waals surface area (Å²) in [6, 6.07) is 4.93. The van der Waals surface area contributed by atoms with Crippen LogP contribution in [0, 0.1) is 12.7 Å². The summed E-state index contributed by atoms with van der Waals surface area (Å²) in [5.41, 5.74) is 8.03. The van der Waals surface area contributed by atoms with Crippen LogP contribution in [0.5, 0.6) is 0 Å². The van der Waals surface area contributed by atoms with Crippen LogP contribution in [0.2, 0.25) is 0 Å². The van der Waals surface area contributed by atoms with Crippen LogP contribution in [-0.2, 0) is 7.05 Å². The SMILES string of the molecule is Cc1cc(-c2c(Br)c(N)nn2C)ccc1F. The Morgan fingerprint density at radius 3 is 2.62 bits per heavy atom. The van der Waals surface area contributed by atoms with Gasteiger partial charge in [0.2, 0.25) is 0 Å². The fraction of sp³-hybridized carbons (Fsp3) is 0.182. The molecule has 0 bridgehead atoms. The zero-order chi connectivity index (χ0) is 11.9. The molecule has 1 heterocycles. The number of aromatic nitrogens is 2. The quantitative estimate of drug-likeness (QED) is 0.875. The van der Waals surface area contributed by atoms with Crippen LogP contribution < -0.4 is 5.73 Å². The van der Waals surface area contributed by atoms with Gasteiger partial charge < -0.3 is 5.73 Å². The molecule has 0 aliphatic rings. The molecule has 16 heavy (non-hydrogen) atoms. The van der Waals surface area contributed by atoms with E-state index in [2.05, 4.69) is 21.0 Å². The molecule has 0 saturated heterocycles. The zero-order valence-corrected chi connectivity index (χ0v) is 10.5. The molecule has 0 radical (unpaired) electrons. The van der Waals surface area contributed by atoms with Gasteiger partial charge in [0, 0.05) is 12.6 Å². The van der Waals surface area contributed by atoms with Gasteiger partial charge in [-0.1, -0.05) is 0 Å². The van der Waals surface area contributed by atoms with Gasteiger partial charge in [-0.25, -0.2) is 4.39 Å². The summed E-state index contributed by atoms with van der Waals surface area (Å²) in [6.07, 6.45) is 0. The Balaban J connectivity index is 2.63. The first-order valence-electron chi connectivity index (χ1n) is 4.75. The molecule has 0 saturated carbocycles. The summed E-state index contributed by atoms with van der Waals surface area (Å²) in [5.74, 6) is 0.217. The average molecular weight is 284 g/mol. The van der Waals surface area contributed by atoms with Crippen LogP contribution in [0.3, 0.4) is 0 Å². The third-order valence-electron chi connectivity index (χ3n) is 2.45. The van der Waals surface area contributed by atoms with Gasteiger partial charge >= 0.3 is 0 Å². The van der Waals surface area contributed by atoms with Crippen molar-refractivity contribution in [3.05, 3.63) is 34.1 Å². The molecular weight excluding hydrogens is 273 g/mol. The molecular formula is C11H11BrFN3. The molecule has 0 aliphatic heterocycles. The Morgan fingerprint density at radius 1 is 1.44 bits per heavy atom. The molecule has 2 N–H and O–H groups in total. The minimum absolute atomic E-state index is 0.213. The van der Waals surface area contributed by atoms with E-state index in [4.69, 9.17) is 5.73 Å². The van der Waals surface area contributed by atoms with E-state index in [0.717, 1.165) is 15.7 Å². The molecule has 0 amide bonds. The normalized spacial score (nSPS) is 10.8. The standard InChI is InChI=1S/C11H11BrFN3/c1-6-5-7(3-4-8(6)13)10-9(12)11(14)15-16(10)2/h3-5H,1-2H3,(H2,14,15). The van der Waals surface area contributed by atoms with Gasteiger partial charge in [-0.3, -0.25) is 4.68 Å². The largest absolute Gasteiger partial charge is 0.381 e. The van der Waals surface area contributed by atoms with Crippen molar-refractivity contribution in [1.29, 1.82) is 0 Å². The molecule has 0 unspecified atom stereocenters. The summed E-state index contributed by atoms with van der Waals surface area (Å²) in [6.45, 7) is 1.73. The van der Waals surface area contributed by atoms with Gasteiger partial charge in [0.25, 0.3) is 0 Å². The lowest BCUT2D eigenvalue weighted by atomic mass is 10.1.